The molecule has 0 bridgehead atoms. The summed E-state index contributed by atoms with van der Waals surface area (Å²) in [6, 6.07) is 17.6. The topological polar surface area (TPSA) is 70.7 Å². The molecule has 2 atom stereocenters. The summed E-state index contributed by atoms with van der Waals surface area (Å²) in [5.74, 6) is -0.117. The summed E-state index contributed by atoms with van der Waals surface area (Å²) in [7, 11) is 0. The molecule has 2 amide bonds. The van der Waals surface area contributed by atoms with Gasteiger partial charge < -0.3 is 15.4 Å². The number of nitrogens with zero attached hydrogens (tertiary/aromatic N) is 1. The van der Waals surface area contributed by atoms with Gasteiger partial charge in [-0.1, -0.05) is 80.4 Å². The van der Waals surface area contributed by atoms with Crippen LogP contribution in [0.15, 0.2) is 54.6 Å². The lowest BCUT2D eigenvalue weighted by molar-refractivity contribution is -0.125. The number of carbonyl (C=O) groups excluding carboxylic acids is 2. The molecule has 1 saturated heterocycles. The summed E-state index contributed by atoms with van der Waals surface area (Å²) < 4.78 is 5.34. The van der Waals surface area contributed by atoms with Crippen molar-refractivity contribution in [3.8, 4) is 0 Å². The fourth-order valence-corrected chi connectivity index (χ4v) is 4.19. The Morgan fingerprint density at radius 2 is 1.76 bits per heavy atom. The van der Waals surface area contributed by atoms with Crippen LogP contribution in [-0.2, 0) is 22.7 Å². The van der Waals surface area contributed by atoms with Crippen LogP contribution in [0.25, 0.3) is 0 Å². The van der Waals surface area contributed by atoms with Crippen LogP contribution in [0.5, 0.6) is 0 Å². The Bertz CT molecular complexity index is 894. The van der Waals surface area contributed by atoms with Crippen LogP contribution in [0.4, 0.5) is 4.79 Å². The highest BCUT2D eigenvalue weighted by Crippen LogP contribution is 2.16. The highest BCUT2D eigenvalue weighted by Gasteiger charge is 2.29. The van der Waals surface area contributed by atoms with Crippen LogP contribution in [0.3, 0.4) is 0 Å². The van der Waals surface area contributed by atoms with Crippen LogP contribution in [0.2, 0.25) is 0 Å². The molecule has 2 aromatic carbocycles. The number of hydrogen-bond acceptors (Lipinski definition) is 4. The molecule has 178 valence electrons. The average molecular weight is 452 g/mol. The largest absolute Gasteiger partial charge is 0.445 e. The van der Waals surface area contributed by atoms with Crippen LogP contribution in [0, 0.1) is 12.8 Å². The van der Waals surface area contributed by atoms with Gasteiger partial charge in [0, 0.05) is 25.7 Å². The summed E-state index contributed by atoms with van der Waals surface area (Å²) in [5.41, 5.74) is 3.52. The molecule has 2 aromatic rings. The lowest BCUT2D eigenvalue weighted by atomic mass is 9.97. The monoisotopic (exact) mass is 451 g/mol. The van der Waals surface area contributed by atoms with Crippen molar-refractivity contribution >= 4 is 12.0 Å². The van der Waals surface area contributed by atoms with Gasteiger partial charge in [-0.2, -0.15) is 0 Å². The van der Waals surface area contributed by atoms with Gasteiger partial charge in [0.2, 0.25) is 5.91 Å². The number of amides is 2. The molecule has 0 radical (unpaired) electrons. The molecule has 0 aliphatic carbocycles. The maximum absolute atomic E-state index is 13.0. The molecule has 2 N–H and O–H groups in total. The Hall–Kier alpha value is -2.86. The number of ether oxygens (including phenoxy) is 1. The van der Waals surface area contributed by atoms with E-state index in [0.717, 1.165) is 44.5 Å². The number of alkyl carbamates (subject to hydrolysis) is 1. The molecule has 0 aromatic heterocycles. The third kappa shape index (κ3) is 7.90. The van der Waals surface area contributed by atoms with Gasteiger partial charge >= 0.3 is 6.09 Å². The lowest BCUT2D eigenvalue weighted by Gasteiger charge is -2.33. The number of nitrogens with one attached hydrogen (secondary N) is 2. The number of carbonyl (C=O) groups is 2. The second-order valence-corrected chi connectivity index (χ2v) is 9.12. The third-order valence-electron chi connectivity index (χ3n) is 6.40. The molecular formula is C27H37N3O3. The first-order valence-electron chi connectivity index (χ1n) is 12.0. The van der Waals surface area contributed by atoms with Crippen molar-refractivity contribution in [1.82, 2.24) is 15.5 Å². The van der Waals surface area contributed by atoms with Crippen molar-refractivity contribution in [3.05, 3.63) is 71.3 Å². The van der Waals surface area contributed by atoms with Crippen molar-refractivity contribution < 1.29 is 14.3 Å². The average Bonchev–Trinajstić information content (AvgIpc) is 2.82. The molecule has 6 nitrogen and oxygen atoms in total. The third-order valence-corrected chi connectivity index (χ3v) is 6.40. The molecule has 0 unspecified atom stereocenters. The van der Waals surface area contributed by atoms with Gasteiger partial charge in [0.25, 0.3) is 0 Å². The summed E-state index contributed by atoms with van der Waals surface area (Å²) in [6.45, 7) is 9.12. The van der Waals surface area contributed by atoms with Crippen molar-refractivity contribution in [3.63, 3.8) is 0 Å². The van der Waals surface area contributed by atoms with Gasteiger partial charge in [0.05, 0.1) is 0 Å². The predicted molar refractivity (Wildman–Crippen MR) is 131 cm³/mol. The fraction of sp³-hybridized carbons (Fsp3) is 0.481. The van der Waals surface area contributed by atoms with Gasteiger partial charge in [-0.3, -0.25) is 9.69 Å². The normalized spacial score (nSPS) is 16.6. The molecule has 6 heteroatoms. The predicted octanol–water partition coefficient (Wildman–Crippen LogP) is 4.42. The zero-order chi connectivity index (χ0) is 23.6. The lowest BCUT2D eigenvalue weighted by Crippen LogP contribution is -2.54. The second kappa shape index (κ2) is 12.4. The van der Waals surface area contributed by atoms with Gasteiger partial charge in [-0.05, 0) is 36.8 Å². The highest BCUT2D eigenvalue weighted by molar-refractivity contribution is 5.86. The van der Waals surface area contributed by atoms with Gasteiger partial charge in [0.15, 0.2) is 0 Å². The number of likely N-dealkylation sites (tertiary alicyclic amines) is 1. The molecule has 0 saturated carbocycles. The molecule has 1 aliphatic heterocycles. The first-order chi connectivity index (χ1) is 15.9. The molecule has 1 heterocycles. The van der Waals surface area contributed by atoms with E-state index in [2.05, 4.69) is 46.7 Å². The van der Waals surface area contributed by atoms with Crippen LogP contribution < -0.4 is 10.6 Å². The second-order valence-electron chi connectivity index (χ2n) is 9.12. The van der Waals surface area contributed by atoms with E-state index in [1.165, 1.54) is 11.1 Å². The van der Waals surface area contributed by atoms with E-state index >= 15 is 0 Å². The number of aryl methyl sites for hydroxylation is 1. The summed E-state index contributed by atoms with van der Waals surface area (Å²) in [4.78, 5) is 27.8. The zero-order valence-electron chi connectivity index (χ0n) is 20.0. The highest BCUT2D eigenvalue weighted by atomic mass is 16.5. The number of hydrogen-bond donors (Lipinski definition) is 2. The Balaban J connectivity index is 1.47. The van der Waals surface area contributed by atoms with E-state index in [-0.39, 0.29) is 24.5 Å². The van der Waals surface area contributed by atoms with E-state index in [9.17, 15) is 9.59 Å². The van der Waals surface area contributed by atoms with E-state index in [4.69, 9.17) is 4.74 Å². The summed E-state index contributed by atoms with van der Waals surface area (Å²) >= 11 is 0. The Kier molecular flexibility index (Phi) is 9.31. The minimum atomic E-state index is -0.608. The number of piperidine rings is 1. The van der Waals surface area contributed by atoms with Crippen LogP contribution in [0.1, 0.15) is 49.8 Å². The first-order valence-corrected chi connectivity index (χ1v) is 12.0. The van der Waals surface area contributed by atoms with Crippen LogP contribution >= 0.6 is 0 Å². The van der Waals surface area contributed by atoms with Crippen molar-refractivity contribution in [2.24, 2.45) is 5.92 Å². The smallest absolute Gasteiger partial charge is 0.408 e. The van der Waals surface area contributed by atoms with E-state index < -0.39 is 12.1 Å². The Morgan fingerprint density at radius 3 is 2.42 bits per heavy atom. The molecule has 1 aliphatic rings. The molecule has 1 fully saturated rings. The van der Waals surface area contributed by atoms with Crippen molar-refractivity contribution in [2.45, 2.75) is 65.3 Å². The molecule has 33 heavy (non-hydrogen) atoms. The minimum Gasteiger partial charge on any atom is -0.445 e. The zero-order valence-corrected chi connectivity index (χ0v) is 20.0. The molecular weight excluding hydrogens is 414 g/mol. The van der Waals surface area contributed by atoms with Crippen molar-refractivity contribution in [2.75, 3.05) is 13.1 Å². The van der Waals surface area contributed by atoms with Gasteiger partial charge in [-0.15, -0.1) is 0 Å². The van der Waals surface area contributed by atoms with E-state index in [1.54, 1.807) is 0 Å². The van der Waals surface area contributed by atoms with Crippen molar-refractivity contribution in [1.29, 1.82) is 0 Å². The van der Waals surface area contributed by atoms with Crippen LogP contribution in [-0.4, -0.2) is 42.1 Å². The molecule has 0 spiro atoms. The Labute approximate surface area is 197 Å². The fourth-order valence-electron chi connectivity index (χ4n) is 4.19. The maximum Gasteiger partial charge on any atom is 0.408 e. The van der Waals surface area contributed by atoms with Gasteiger partial charge in [0.1, 0.15) is 12.6 Å². The first kappa shape index (κ1) is 24.8. The number of rotatable bonds is 9. The van der Waals surface area contributed by atoms with E-state index in [1.807, 2.05) is 44.2 Å². The SMILES string of the molecule is CC[C@H](C)[C@H](NC(=O)OCc1ccccc1)C(=O)NC1CCN(Cc2cccc(C)c2)CC1. The number of benzene rings is 2. The van der Waals surface area contributed by atoms with Gasteiger partial charge in [-0.25, -0.2) is 4.79 Å². The minimum absolute atomic E-state index is 0.00989. The molecule has 3 rings (SSSR count). The quantitative estimate of drug-likeness (QED) is 0.592. The maximum atomic E-state index is 13.0. The van der Waals surface area contributed by atoms with E-state index in [0.29, 0.717) is 0 Å². The standard InChI is InChI=1S/C27H37N3O3/c1-4-21(3)25(29-27(32)33-19-22-10-6-5-7-11-22)26(31)28-24-13-15-30(16-14-24)18-23-12-8-9-20(2)17-23/h5-12,17,21,24-25H,4,13-16,18-19H2,1-3H3,(H,28,31)(H,29,32)/t21-,25-/m0/s1. The summed E-state index contributed by atoms with van der Waals surface area (Å²) in [6.07, 6.45) is 2.03. The summed E-state index contributed by atoms with van der Waals surface area (Å²) in [5, 5.41) is 5.96. The Morgan fingerprint density at radius 1 is 1.06 bits per heavy atom.